The third kappa shape index (κ3) is 2.46. The number of rotatable bonds is 1. The number of hydrogen-bond acceptors (Lipinski definition) is 1. The normalized spacial score (nSPS) is 10.9. The Morgan fingerprint density at radius 1 is 0.600 bits per heavy atom. The topological polar surface area (TPSA) is 12.9 Å². The molecular weight excluding hydrogens is 482 g/mol. The monoisotopic (exact) mass is 497 g/mol. The molecule has 0 spiro atoms. The minimum atomic E-state index is 0. The van der Waals surface area contributed by atoms with Crippen LogP contribution in [0.5, 0.6) is 0 Å². The van der Waals surface area contributed by atoms with Gasteiger partial charge in [0.2, 0.25) is 0 Å². The van der Waals surface area contributed by atoms with Gasteiger partial charge in [0.25, 0.3) is 0 Å². The molecule has 25 heavy (non-hydrogen) atoms. The molecule has 1 heterocycles. The Bertz CT molecular complexity index is 1150. The van der Waals surface area contributed by atoms with Crippen LogP contribution in [0, 0.1) is 6.07 Å². The van der Waals surface area contributed by atoms with Crippen molar-refractivity contribution in [3.05, 3.63) is 91.1 Å². The van der Waals surface area contributed by atoms with Gasteiger partial charge < -0.3 is 4.98 Å². The molecule has 4 aromatic carbocycles. The summed E-state index contributed by atoms with van der Waals surface area (Å²) in [5, 5.41) is 7.51. The van der Waals surface area contributed by atoms with Crippen LogP contribution in [0.2, 0.25) is 0 Å². The average molecular weight is 497 g/mol. The largest absolute Gasteiger partial charge is 0.304 e. The molecule has 0 aliphatic heterocycles. The second-order valence-corrected chi connectivity index (χ2v) is 5.95. The predicted octanol–water partition coefficient (Wildman–Crippen LogP) is 6.01. The Morgan fingerprint density at radius 2 is 1.16 bits per heavy atom. The van der Waals surface area contributed by atoms with E-state index < -0.39 is 0 Å². The fourth-order valence-electron chi connectivity index (χ4n) is 3.59. The zero-order chi connectivity index (χ0) is 15.9. The zero-order valence-corrected chi connectivity index (χ0v) is 15.8. The van der Waals surface area contributed by atoms with E-state index in [-0.39, 0.29) is 20.1 Å². The van der Waals surface area contributed by atoms with Gasteiger partial charge in [-0.05, 0) is 44.1 Å². The van der Waals surface area contributed by atoms with Crippen LogP contribution >= 0.6 is 0 Å². The van der Waals surface area contributed by atoms with E-state index in [1.165, 1.54) is 32.3 Å². The van der Waals surface area contributed by atoms with Gasteiger partial charge in [-0.3, -0.25) is 0 Å². The molecule has 5 rings (SSSR count). The maximum Gasteiger partial charge on any atom is 0.0167 e. The molecule has 0 N–H and O–H groups in total. The van der Waals surface area contributed by atoms with Crippen LogP contribution in [0.1, 0.15) is 0 Å². The van der Waals surface area contributed by atoms with Gasteiger partial charge in [0.05, 0.1) is 0 Å². The van der Waals surface area contributed by atoms with E-state index in [9.17, 15) is 0 Å². The summed E-state index contributed by atoms with van der Waals surface area (Å²) >= 11 is 0. The third-order valence-corrected chi connectivity index (χ3v) is 4.62. The van der Waals surface area contributed by atoms with Crippen LogP contribution in [0.3, 0.4) is 0 Å². The van der Waals surface area contributed by atoms with Crippen molar-refractivity contribution in [1.29, 1.82) is 0 Å². The zero-order valence-electron chi connectivity index (χ0n) is 13.4. The first kappa shape index (κ1) is 16.0. The van der Waals surface area contributed by atoms with E-state index in [1.54, 1.807) is 0 Å². The van der Waals surface area contributed by atoms with Crippen LogP contribution in [0.4, 0.5) is 0 Å². The first-order chi connectivity index (χ1) is 11.9. The maximum absolute atomic E-state index is 4.70. The van der Waals surface area contributed by atoms with Crippen molar-refractivity contribution >= 4 is 32.3 Å². The molecule has 1 nitrogen and oxygen atoms in total. The van der Waals surface area contributed by atoms with Crippen molar-refractivity contribution in [2.24, 2.45) is 0 Å². The first-order valence-electron chi connectivity index (χ1n) is 8.09. The molecule has 0 aliphatic rings. The molecular formula is C23H14IrN-. The van der Waals surface area contributed by atoms with Crippen molar-refractivity contribution in [2.75, 3.05) is 0 Å². The molecule has 0 unspecified atom stereocenters. The minimum Gasteiger partial charge on any atom is -0.304 e. The predicted molar refractivity (Wildman–Crippen MR) is 101 cm³/mol. The van der Waals surface area contributed by atoms with E-state index in [2.05, 4.69) is 66.7 Å². The Morgan fingerprint density at radius 3 is 1.80 bits per heavy atom. The van der Waals surface area contributed by atoms with Gasteiger partial charge in [0.1, 0.15) is 0 Å². The number of hydrogen-bond donors (Lipinski definition) is 0. The first-order valence-corrected chi connectivity index (χ1v) is 8.09. The molecule has 121 valence electrons. The van der Waals surface area contributed by atoms with Gasteiger partial charge >= 0.3 is 0 Å². The third-order valence-electron chi connectivity index (χ3n) is 4.62. The summed E-state index contributed by atoms with van der Waals surface area (Å²) in [5.41, 5.74) is 2.03. The summed E-state index contributed by atoms with van der Waals surface area (Å²) in [7, 11) is 0. The summed E-state index contributed by atoms with van der Waals surface area (Å²) in [6.07, 6.45) is 1.90. The van der Waals surface area contributed by atoms with E-state index in [1.807, 2.05) is 24.4 Å². The Kier molecular flexibility index (Phi) is 4.09. The Balaban J connectivity index is 0.00000157. The summed E-state index contributed by atoms with van der Waals surface area (Å²) in [5.74, 6) is 0. The quantitative estimate of drug-likeness (QED) is 0.205. The van der Waals surface area contributed by atoms with Crippen LogP contribution in [-0.4, -0.2) is 4.98 Å². The van der Waals surface area contributed by atoms with Crippen molar-refractivity contribution in [3.63, 3.8) is 0 Å². The minimum absolute atomic E-state index is 0. The molecule has 1 aromatic heterocycles. The number of aromatic nitrogens is 1. The van der Waals surface area contributed by atoms with Crippen molar-refractivity contribution in [2.45, 2.75) is 0 Å². The standard InChI is InChI=1S/C23H14N.Ir/c1-2-8-16(9-3-1)23-22-20-13-7-6-11-18(20)17-10-4-5-12-19(17)21(22)14-15-24-23;/h1-8,10-15H;/q-1;. The Labute approximate surface area is 159 Å². The molecule has 0 bridgehead atoms. The van der Waals surface area contributed by atoms with Crippen molar-refractivity contribution < 1.29 is 20.1 Å². The van der Waals surface area contributed by atoms with Crippen molar-refractivity contribution in [1.82, 2.24) is 4.98 Å². The number of nitrogens with zero attached hydrogens (tertiary/aromatic N) is 1. The SMILES string of the molecule is [Ir].[c-]1ccccc1-c1nccc2c3ccccc3c3ccccc3c12. The maximum atomic E-state index is 4.70. The van der Waals surface area contributed by atoms with Gasteiger partial charge in [-0.15, -0.1) is 35.9 Å². The summed E-state index contributed by atoms with van der Waals surface area (Å²) < 4.78 is 0. The molecule has 5 aromatic rings. The van der Waals surface area contributed by atoms with Crippen LogP contribution in [0.25, 0.3) is 43.6 Å². The summed E-state index contributed by atoms with van der Waals surface area (Å²) in [6.45, 7) is 0. The van der Waals surface area contributed by atoms with E-state index in [0.717, 1.165) is 11.3 Å². The summed E-state index contributed by atoms with van der Waals surface area (Å²) in [4.78, 5) is 4.70. The number of fused-ring (bicyclic) bond motifs is 6. The fourth-order valence-corrected chi connectivity index (χ4v) is 3.59. The fraction of sp³-hybridized carbons (Fsp3) is 0. The van der Waals surface area contributed by atoms with Gasteiger partial charge in [-0.25, -0.2) is 0 Å². The molecule has 0 aliphatic carbocycles. The molecule has 0 atom stereocenters. The molecule has 1 radical (unpaired) electrons. The van der Waals surface area contributed by atoms with Crippen LogP contribution in [0.15, 0.2) is 85.1 Å². The molecule has 0 saturated carbocycles. The Hall–Kier alpha value is -2.54. The molecule has 2 heteroatoms. The summed E-state index contributed by atoms with van der Waals surface area (Å²) in [6, 6.07) is 30.7. The van der Waals surface area contributed by atoms with Crippen molar-refractivity contribution in [3.8, 4) is 11.3 Å². The van der Waals surface area contributed by atoms with E-state index >= 15 is 0 Å². The van der Waals surface area contributed by atoms with Gasteiger partial charge in [-0.1, -0.05) is 48.5 Å². The van der Waals surface area contributed by atoms with Gasteiger partial charge in [-0.2, -0.15) is 0 Å². The van der Waals surface area contributed by atoms with Gasteiger partial charge in [0.15, 0.2) is 0 Å². The smallest absolute Gasteiger partial charge is 0.0167 e. The second-order valence-electron chi connectivity index (χ2n) is 5.95. The van der Waals surface area contributed by atoms with E-state index in [0.29, 0.717) is 0 Å². The molecule has 0 amide bonds. The van der Waals surface area contributed by atoms with Gasteiger partial charge in [0, 0.05) is 26.3 Å². The molecule has 0 saturated heterocycles. The number of benzene rings is 4. The van der Waals surface area contributed by atoms with Crippen LogP contribution < -0.4 is 0 Å². The second kappa shape index (κ2) is 6.40. The van der Waals surface area contributed by atoms with E-state index in [4.69, 9.17) is 4.98 Å². The molecule has 0 fully saturated rings. The van der Waals surface area contributed by atoms with Crippen LogP contribution in [-0.2, 0) is 20.1 Å². The average Bonchev–Trinajstić information content (AvgIpc) is 2.68. The number of pyridine rings is 1.